The molecule has 0 radical (unpaired) electrons. The van der Waals surface area contributed by atoms with Crippen LogP contribution in [0.2, 0.25) is 0 Å². The van der Waals surface area contributed by atoms with E-state index in [1.807, 2.05) is 37.3 Å². The van der Waals surface area contributed by atoms with Crippen molar-refractivity contribution in [2.24, 2.45) is 0 Å². The molecule has 1 saturated carbocycles. The number of thiophene rings is 1. The second kappa shape index (κ2) is 8.76. The van der Waals surface area contributed by atoms with Crippen LogP contribution in [0.1, 0.15) is 34.1 Å². The van der Waals surface area contributed by atoms with Crippen LogP contribution in [-0.4, -0.2) is 23.3 Å². The Labute approximate surface area is 211 Å². The predicted molar refractivity (Wildman–Crippen MR) is 139 cm³/mol. The number of aromatic nitrogens is 3. The highest BCUT2D eigenvalue weighted by atomic mass is 32.1. The topological polar surface area (TPSA) is 107 Å². The fraction of sp³-hybridized carbons (Fsp3) is 0.185. The van der Waals surface area contributed by atoms with E-state index in [2.05, 4.69) is 34.9 Å². The monoisotopic (exact) mass is 498 g/mol. The van der Waals surface area contributed by atoms with E-state index in [4.69, 9.17) is 20.0 Å². The van der Waals surface area contributed by atoms with Gasteiger partial charge in [0.1, 0.15) is 15.5 Å². The van der Waals surface area contributed by atoms with Crippen LogP contribution in [0.5, 0.6) is 5.75 Å². The number of carbonyl (C=O) groups is 1. The Hall–Kier alpha value is -4.24. The molecule has 0 aliphatic heterocycles. The van der Waals surface area contributed by atoms with Gasteiger partial charge in [0.25, 0.3) is 12.1 Å². The molecule has 0 atom stereocenters. The molecule has 180 valence electrons. The zero-order valence-electron chi connectivity index (χ0n) is 19.8. The van der Waals surface area contributed by atoms with Gasteiger partial charge in [0, 0.05) is 23.8 Å². The van der Waals surface area contributed by atoms with Gasteiger partial charge in [-0.2, -0.15) is 0 Å². The second-order valence-electron chi connectivity index (χ2n) is 8.91. The summed E-state index contributed by atoms with van der Waals surface area (Å²) in [6.45, 7) is 2.05. The van der Waals surface area contributed by atoms with Crippen molar-refractivity contribution in [1.29, 1.82) is 0 Å². The first-order valence-electron chi connectivity index (χ1n) is 11.6. The van der Waals surface area contributed by atoms with Crippen molar-refractivity contribution in [2.45, 2.75) is 25.8 Å². The fourth-order valence-corrected chi connectivity index (χ4v) is 5.17. The molecular formula is C27H24N5O3S+. The number of aryl methyl sites for hydroxylation is 1. The maximum Gasteiger partial charge on any atom is 0.302 e. The molecule has 0 spiro atoms. The summed E-state index contributed by atoms with van der Waals surface area (Å²) in [4.78, 5) is 19.2. The number of ether oxygens (including phenoxy) is 1. The number of hydrogen-bond donors (Lipinski definition) is 2. The minimum absolute atomic E-state index is 0.286. The molecule has 0 saturated heterocycles. The predicted octanol–water partition coefficient (Wildman–Crippen LogP) is 5.39. The normalized spacial score (nSPS) is 13.2. The van der Waals surface area contributed by atoms with Crippen molar-refractivity contribution in [3.63, 3.8) is 0 Å². The summed E-state index contributed by atoms with van der Waals surface area (Å²) >= 11 is 1.26. The lowest BCUT2D eigenvalue weighted by Crippen LogP contribution is -2.32. The molecule has 5 aromatic rings. The van der Waals surface area contributed by atoms with Gasteiger partial charge in [0.2, 0.25) is 5.27 Å². The molecule has 2 aromatic carbocycles. The Morgan fingerprint density at radius 2 is 1.86 bits per heavy atom. The van der Waals surface area contributed by atoms with Crippen LogP contribution >= 0.6 is 11.3 Å². The summed E-state index contributed by atoms with van der Waals surface area (Å²) in [6, 6.07) is 18.4. The van der Waals surface area contributed by atoms with E-state index in [0.29, 0.717) is 21.4 Å². The Bertz CT molecular complexity index is 1580. The smallest absolute Gasteiger partial charge is 0.302 e. The van der Waals surface area contributed by atoms with Crippen molar-refractivity contribution < 1.29 is 18.7 Å². The van der Waals surface area contributed by atoms with Gasteiger partial charge in [-0.15, -0.1) is 11.3 Å². The number of carbonyl (C=O) groups excluding carboxylic acids is 1. The third-order valence-electron chi connectivity index (χ3n) is 6.29. The molecule has 1 amide bonds. The maximum absolute atomic E-state index is 13.2. The minimum Gasteiger partial charge on any atom is -0.497 e. The number of hydrogen-bond acceptors (Lipinski definition) is 7. The number of amides is 1. The number of anilines is 2. The van der Waals surface area contributed by atoms with Crippen LogP contribution in [0, 0.1) is 6.92 Å². The molecule has 1 fully saturated rings. The molecule has 0 bridgehead atoms. The number of nitrogens with one attached hydrogen (secondary N) is 1. The van der Waals surface area contributed by atoms with E-state index >= 15 is 0 Å². The van der Waals surface area contributed by atoms with Crippen molar-refractivity contribution in [1.82, 2.24) is 10.3 Å². The van der Waals surface area contributed by atoms with Crippen LogP contribution in [0.15, 0.2) is 65.3 Å². The zero-order chi connectivity index (χ0) is 24.8. The molecule has 3 N–H and O–H groups in total. The molecule has 1 aliphatic rings. The van der Waals surface area contributed by atoms with E-state index in [-0.39, 0.29) is 11.8 Å². The quantitative estimate of drug-likeness (QED) is 0.304. The van der Waals surface area contributed by atoms with Gasteiger partial charge in [-0.25, -0.2) is 4.98 Å². The first-order chi connectivity index (χ1) is 17.5. The Kier molecular flexibility index (Phi) is 5.41. The van der Waals surface area contributed by atoms with Gasteiger partial charge >= 0.3 is 5.88 Å². The van der Waals surface area contributed by atoms with E-state index in [0.717, 1.165) is 51.9 Å². The summed E-state index contributed by atoms with van der Waals surface area (Å²) in [5, 5.41) is 7.54. The summed E-state index contributed by atoms with van der Waals surface area (Å²) < 4.78 is 12.3. The molecule has 36 heavy (non-hydrogen) atoms. The number of nitrogens with two attached hydrogens (primary N) is 1. The average molecular weight is 499 g/mol. The van der Waals surface area contributed by atoms with E-state index in [1.165, 1.54) is 11.3 Å². The molecule has 8 nitrogen and oxygen atoms in total. The van der Waals surface area contributed by atoms with Gasteiger partial charge in [0.05, 0.1) is 18.5 Å². The SMILES string of the molecule is COc1ccc(-c2cc(-c3ccc(C)cc3)c3c(N)c(C(=O)Nc4c[n+](C5CC5)no4)sc3n2)cc1. The maximum atomic E-state index is 13.2. The molecule has 0 unspecified atom stereocenters. The summed E-state index contributed by atoms with van der Waals surface area (Å²) in [6.07, 6.45) is 3.84. The van der Waals surface area contributed by atoms with Gasteiger partial charge in [-0.3, -0.25) is 14.6 Å². The summed E-state index contributed by atoms with van der Waals surface area (Å²) in [5.74, 6) is 0.707. The van der Waals surface area contributed by atoms with Crippen LogP contribution in [0.25, 0.3) is 32.6 Å². The largest absolute Gasteiger partial charge is 0.497 e. The number of methoxy groups -OCH3 is 1. The van der Waals surface area contributed by atoms with Crippen molar-refractivity contribution in [3.05, 3.63) is 71.2 Å². The van der Waals surface area contributed by atoms with Gasteiger partial charge in [-0.05, 0) is 53.1 Å². The Balaban J connectivity index is 1.45. The number of rotatable bonds is 6. The lowest BCUT2D eigenvalue weighted by Gasteiger charge is -2.10. The van der Waals surface area contributed by atoms with E-state index < -0.39 is 0 Å². The molecule has 6 rings (SSSR count). The average Bonchev–Trinajstić information content (AvgIpc) is 3.55. The van der Waals surface area contributed by atoms with Crippen molar-refractivity contribution in [2.75, 3.05) is 18.2 Å². The van der Waals surface area contributed by atoms with Crippen molar-refractivity contribution in [3.8, 4) is 28.1 Å². The van der Waals surface area contributed by atoms with Crippen molar-refractivity contribution >= 4 is 39.0 Å². The molecule has 1 aliphatic carbocycles. The minimum atomic E-state index is -0.351. The third kappa shape index (κ3) is 4.07. The van der Waals surface area contributed by atoms with Crippen LogP contribution in [0.3, 0.4) is 0 Å². The first kappa shape index (κ1) is 22.2. The van der Waals surface area contributed by atoms with Crippen LogP contribution in [0.4, 0.5) is 11.6 Å². The third-order valence-corrected chi connectivity index (χ3v) is 7.39. The van der Waals surface area contributed by atoms with Gasteiger partial charge in [-0.1, -0.05) is 29.8 Å². The number of nitrogen functional groups attached to an aromatic ring is 1. The summed E-state index contributed by atoms with van der Waals surface area (Å²) in [5.41, 5.74) is 11.8. The highest BCUT2D eigenvalue weighted by molar-refractivity contribution is 7.21. The Morgan fingerprint density at radius 3 is 2.56 bits per heavy atom. The van der Waals surface area contributed by atoms with E-state index in [1.54, 1.807) is 18.0 Å². The lowest BCUT2D eigenvalue weighted by atomic mass is 9.98. The molecular weight excluding hydrogens is 474 g/mol. The number of benzene rings is 2. The Morgan fingerprint density at radius 1 is 1.14 bits per heavy atom. The van der Waals surface area contributed by atoms with Crippen LogP contribution in [-0.2, 0) is 0 Å². The fourth-order valence-electron chi connectivity index (χ4n) is 4.15. The van der Waals surface area contributed by atoms with E-state index in [9.17, 15) is 4.79 Å². The standard InChI is InChI=1S/C27H23N5O3S/c1-15-3-5-16(6-4-15)20-13-21(17-7-11-19(34-2)12-8-17)29-27-23(20)24(28)25(36-27)26(33)30-22-14-32(31-35-22)18-9-10-18/h3-8,11-14,18H,9-10H2,1-2H3,(H2-,28,30,31,33)/p+1. The molecule has 9 heteroatoms. The first-order valence-corrected chi connectivity index (χ1v) is 12.5. The molecule has 3 aromatic heterocycles. The number of nitrogens with zero attached hydrogens (tertiary/aromatic N) is 3. The van der Waals surface area contributed by atoms with Gasteiger partial charge in [0.15, 0.2) is 6.04 Å². The molecule has 3 heterocycles. The zero-order valence-corrected chi connectivity index (χ0v) is 20.6. The lowest BCUT2D eigenvalue weighted by molar-refractivity contribution is -0.765. The highest BCUT2D eigenvalue weighted by Gasteiger charge is 2.36. The number of fused-ring (bicyclic) bond motifs is 1. The van der Waals surface area contributed by atoms with Gasteiger partial charge < -0.3 is 10.5 Å². The van der Waals surface area contributed by atoms with Crippen LogP contribution < -0.4 is 20.5 Å². The number of pyridine rings is 1. The highest BCUT2D eigenvalue weighted by Crippen LogP contribution is 2.41. The summed E-state index contributed by atoms with van der Waals surface area (Å²) in [7, 11) is 1.64. The second-order valence-corrected chi connectivity index (χ2v) is 9.91.